The number of benzene rings is 2. The van der Waals surface area contributed by atoms with Crippen LogP contribution in [0.1, 0.15) is 45.4 Å². The molecule has 0 fully saturated rings. The minimum atomic E-state index is -0.959. The summed E-state index contributed by atoms with van der Waals surface area (Å²) in [6, 6.07) is 10.6. The molecule has 0 N–H and O–H groups in total. The highest BCUT2D eigenvalue weighted by atomic mass is 32.2. The fraction of sp³-hybridized carbons (Fsp3) is 0.346. The minimum absolute atomic E-state index is 0.128. The molecule has 1 amide bonds. The van der Waals surface area contributed by atoms with Gasteiger partial charge in [-0.25, -0.2) is 0 Å². The van der Waals surface area contributed by atoms with Crippen LogP contribution in [0.5, 0.6) is 23.1 Å². The third kappa shape index (κ3) is 5.46. The van der Waals surface area contributed by atoms with E-state index in [1.54, 1.807) is 12.1 Å². The third-order valence-electron chi connectivity index (χ3n) is 5.59. The second-order valence-corrected chi connectivity index (χ2v) is 9.24. The average Bonchev–Trinajstić information content (AvgIpc) is 3.03. The van der Waals surface area contributed by atoms with Crippen molar-refractivity contribution >= 4 is 29.3 Å². The minimum Gasteiger partial charge on any atom is -0.493 e. The molecule has 194 valence electrons. The van der Waals surface area contributed by atoms with Gasteiger partial charge >= 0.3 is 5.97 Å². The monoisotopic (exact) mass is 524 g/mol. The van der Waals surface area contributed by atoms with E-state index in [2.05, 4.69) is 22.1 Å². The number of unbranched alkanes of at least 4 members (excludes halogenated alkanes) is 1. The van der Waals surface area contributed by atoms with E-state index >= 15 is 0 Å². The number of thioether (sulfide) groups is 1. The molecule has 4 rings (SSSR count). The summed E-state index contributed by atoms with van der Waals surface area (Å²) in [5.41, 5.74) is 2.19. The molecule has 0 spiro atoms. The first-order valence-electron chi connectivity index (χ1n) is 11.8. The van der Waals surface area contributed by atoms with Gasteiger partial charge < -0.3 is 18.9 Å². The Balaban J connectivity index is 1.90. The molecule has 2 aromatic carbocycles. The molecule has 1 aliphatic heterocycles. The van der Waals surface area contributed by atoms with Crippen molar-refractivity contribution in [3.05, 3.63) is 42.0 Å². The third-order valence-corrected chi connectivity index (χ3v) is 6.52. The van der Waals surface area contributed by atoms with E-state index in [1.165, 1.54) is 44.7 Å². The number of ether oxygens (including phenoxy) is 4. The predicted octanol–water partition coefficient (Wildman–Crippen LogP) is 4.82. The Labute approximate surface area is 219 Å². The number of anilines is 1. The number of aromatic nitrogens is 3. The highest BCUT2D eigenvalue weighted by molar-refractivity contribution is 7.99. The van der Waals surface area contributed by atoms with Crippen LogP contribution < -0.4 is 23.8 Å². The highest BCUT2D eigenvalue weighted by Crippen LogP contribution is 2.46. The zero-order valence-electron chi connectivity index (χ0n) is 21.3. The first-order chi connectivity index (χ1) is 17.9. The number of rotatable bonds is 8. The standard InChI is InChI=1S/C26H28N4O6S/c1-6-7-12-37-26-27-24-22(28-29-26)18-10-8-9-11-19(18)30(15(2)31)25(36-24)17-13-20(33-4)23(35-16(3)32)21(14-17)34-5/h8-11,13-14,25H,6-7,12H2,1-5H3. The van der Waals surface area contributed by atoms with E-state index in [0.29, 0.717) is 27.7 Å². The summed E-state index contributed by atoms with van der Waals surface area (Å²) in [6.45, 7) is 4.86. The second-order valence-electron chi connectivity index (χ2n) is 8.17. The fourth-order valence-corrected chi connectivity index (χ4v) is 4.79. The van der Waals surface area contributed by atoms with Gasteiger partial charge in [0.05, 0.1) is 19.9 Å². The molecule has 10 nitrogen and oxygen atoms in total. The summed E-state index contributed by atoms with van der Waals surface area (Å²) >= 11 is 1.50. The van der Waals surface area contributed by atoms with E-state index < -0.39 is 12.2 Å². The average molecular weight is 525 g/mol. The topological polar surface area (TPSA) is 113 Å². The molecule has 0 radical (unpaired) electrons. The molecule has 0 saturated carbocycles. The maximum absolute atomic E-state index is 13.1. The van der Waals surface area contributed by atoms with Gasteiger partial charge in [0.2, 0.25) is 28.9 Å². The van der Waals surface area contributed by atoms with Crippen molar-refractivity contribution in [1.29, 1.82) is 0 Å². The number of para-hydroxylation sites is 1. The lowest BCUT2D eigenvalue weighted by atomic mass is 10.1. The van der Waals surface area contributed by atoms with Crippen molar-refractivity contribution < 1.29 is 28.5 Å². The summed E-state index contributed by atoms with van der Waals surface area (Å²) in [6.07, 6.45) is 1.11. The van der Waals surface area contributed by atoms with Crippen molar-refractivity contribution in [1.82, 2.24) is 15.2 Å². The van der Waals surface area contributed by atoms with Crippen LogP contribution in [0.15, 0.2) is 41.6 Å². The predicted molar refractivity (Wildman–Crippen MR) is 138 cm³/mol. The molecule has 1 aliphatic rings. The Bertz CT molecular complexity index is 1290. The van der Waals surface area contributed by atoms with Crippen LogP contribution in [-0.4, -0.2) is 47.0 Å². The van der Waals surface area contributed by atoms with Gasteiger partial charge in [-0.2, -0.15) is 4.98 Å². The molecule has 1 unspecified atom stereocenters. The number of carbonyl (C=O) groups is 2. The number of nitrogens with zero attached hydrogens (tertiary/aromatic N) is 4. The molecule has 3 aromatic rings. The zero-order valence-corrected chi connectivity index (χ0v) is 22.1. The van der Waals surface area contributed by atoms with Gasteiger partial charge in [0, 0.05) is 30.7 Å². The van der Waals surface area contributed by atoms with Gasteiger partial charge in [-0.1, -0.05) is 43.3 Å². The number of fused-ring (bicyclic) bond motifs is 3. The Morgan fingerprint density at radius 3 is 2.41 bits per heavy atom. The molecular weight excluding hydrogens is 496 g/mol. The van der Waals surface area contributed by atoms with E-state index in [4.69, 9.17) is 18.9 Å². The van der Waals surface area contributed by atoms with Crippen molar-refractivity contribution in [3.8, 4) is 34.4 Å². The molecule has 2 heterocycles. The summed E-state index contributed by atoms with van der Waals surface area (Å²) < 4.78 is 22.8. The Morgan fingerprint density at radius 2 is 1.78 bits per heavy atom. The van der Waals surface area contributed by atoms with Crippen LogP contribution in [0.25, 0.3) is 11.3 Å². The van der Waals surface area contributed by atoms with Gasteiger partial charge in [0.25, 0.3) is 0 Å². The van der Waals surface area contributed by atoms with E-state index in [1.807, 2.05) is 24.3 Å². The number of carbonyl (C=O) groups excluding carboxylic acids is 2. The van der Waals surface area contributed by atoms with Crippen LogP contribution in [-0.2, 0) is 9.59 Å². The first-order valence-corrected chi connectivity index (χ1v) is 12.7. The zero-order chi connectivity index (χ0) is 26.5. The van der Waals surface area contributed by atoms with Crippen LogP contribution in [0, 0.1) is 0 Å². The van der Waals surface area contributed by atoms with Gasteiger partial charge in [-0.3, -0.25) is 14.5 Å². The maximum Gasteiger partial charge on any atom is 0.308 e. The van der Waals surface area contributed by atoms with E-state index in [-0.39, 0.29) is 29.0 Å². The Morgan fingerprint density at radius 1 is 1.08 bits per heavy atom. The molecule has 0 saturated heterocycles. The van der Waals surface area contributed by atoms with E-state index in [9.17, 15) is 9.59 Å². The van der Waals surface area contributed by atoms with Crippen LogP contribution in [0.2, 0.25) is 0 Å². The lowest BCUT2D eigenvalue weighted by Crippen LogP contribution is -2.36. The van der Waals surface area contributed by atoms with Gasteiger partial charge in [-0.05, 0) is 24.6 Å². The van der Waals surface area contributed by atoms with Crippen LogP contribution >= 0.6 is 11.8 Å². The number of amides is 1. The van der Waals surface area contributed by atoms with Crippen LogP contribution in [0.3, 0.4) is 0 Å². The number of methoxy groups -OCH3 is 2. The normalized spacial score (nSPS) is 14.1. The van der Waals surface area contributed by atoms with Crippen LogP contribution in [0.4, 0.5) is 5.69 Å². The van der Waals surface area contributed by atoms with Crippen molar-refractivity contribution in [2.75, 3.05) is 24.9 Å². The quantitative estimate of drug-likeness (QED) is 0.176. The van der Waals surface area contributed by atoms with E-state index in [0.717, 1.165) is 18.6 Å². The number of hydrogen-bond donors (Lipinski definition) is 0. The summed E-state index contributed by atoms with van der Waals surface area (Å²) in [7, 11) is 2.90. The first kappa shape index (κ1) is 26.2. The maximum atomic E-state index is 13.1. The lowest BCUT2D eigenvalue weighted by molar-refractivity contribution is -0.132. The molecule has 11 heteroatoms. The number of esters is 1. The van der Waals surface area contributed by atoms with Crippen molar-refractivity contribution in [2.24, 2.45) is 0 Å². The fourth-order valence-electron chi connectivity index (χ4n) is 3.93. The molecule has 37 heavy (non-hydrogen) atoms. The summed E-state index contributed by atoms with van der Waals surface area (Å²) in [5.74, 6) is 0.914. The molecular formula is C26H28N4O6S. The Kier molecular flexibility index (Phi) is 8.12. The Hall–Kier alpha value is -3.86. The molecule has 1 atom stereocenters. The van der Waals surface area contributed by atoms with Gasteiger partial charge in [0.1, 0.15) is 0 Å². The number of hydrogen-bond acceptors (Lipinski definition) is 10. The van der Waals surface area contributed by atoms with Crippen molar-refractivity contribution in [3.63, 3.8) is 0 Å². The molecule has 0 bridgehead atoms. The van der Waals surface area contributed by atoms with Gasteiger partial charge in [0.15, 0.2) is 17.2 Å². The summed E-state index contributed by atoms with van der Waals surface area (Å²) in [4.78, 5) is 30.9. The largest absolute Gasteiger partial charge is 0.493 e. The van der Waals surface area contributed by atoms with Crippen molar-refractivity contribution in [2.45, 2.75) is 45.0 Å². The van der Waals surface area contributed by atoms with Gasteiger partial charge in [-0.15, -0.1) is 10.2 Å². The highest BCUT2D eigenvalue weighted by Gasteiger charge is 2.36. The second kappa shape index (κ2) is 11.5. The lowest BCUT2D eigenvalue weighted by Gasteiger charge is -2.30. The SMILES string of the molecule is CCCCSc1nnc2c(n1)OC(c1cc(OC)c(OC(C)=O)c(OC)c1)N(C(C)=O)c1ccccc1-2. The summed E-state index contributed by atoms with van der Waals surface area (Å²) in [5, 5.41) is 9.21. The molecule has 0 aliphatic carbocycles. The molecule has 1 aromatic heterocycles. The smallest absolute Gasteiger partial charge is 0.308 e.